The molecule has 0 saturated heterocycles. The van der Waals surface area contributed by atoms with Crippen LogP contribution in [0, 0.1) is 10.1 Å². The number of benzene rings is 3. The van der Waals surface area contributed by atoms with Gasteiger partial charge in [0.1, 0.15) is 11.6 Å². The maximum Gasteiger partial charge on any atom is 0.282 e. The molecule has 3 aromatic carbocycles. The Bertz CT molecular complexity index is 1640. The van der Waals surface area contributed by atoms with Crippen LogP contribution in [0.15, 0.2) is 75.0 Å². The Kier molecular flexibility index (Phi) is 8.72. The molecule has 0 spiro atoms. The number of carbonyl (C=O) groups is 1. The molecule has 0 bridgehead atoms. The van der Waals surface area contributed by atoms with Gasteiger partial charge in [-0.3, -0.25) is 19.7 Å². The molecule has 0 aliphatic heterocycles. The first kappa shape index (κ1) is 27.9. The van der Waals surface area contributed by atoms with Crippen molar-refractivity contribution in [2.24, 2.45) is 5.10 Å². The lowest BCUT2D eigenvalue weighted by atomic mass is 10.1. The Morgan fingerprint density at radius 2 is 1.97 bits per heavy atom. The Labute approximate surface area is 236 Å². The zero-order valence-corrected chi connectivity index (χ0v) is 23.3. The number of nitro benzene ring substituents is 1. The van der Waals surface area contributed by atoms with Gasteiger partial charge in [-0.25, -0.2) is 4.98 Å². The second kappa shape index (κ2) is 12.2. The minimum absolute atomic E-state index is 0.0970. The number of nitrogens with one attached hydrogen (secondary N) is 1. The number of amides is 1. The molecule has 0 unspecified atom stereocenters. The molecule has 4 rings (SSSR count). The van der Waals surface area contributed by atoms with Gasteiger partial charge in [0.05, 0.1) is 22.0 Å². The zero-order valence-electron chi connectivity index (χ0n) is 20.9. The van der Waals surface area contributed by atoms with E-state index < -0.39 is 10.8 Å². The highest BCUT2D eigenvalue weighted by molar-refractivity contribution is 9.10. The van der Waals surface area contributed by atoms with Crippen LogP contribution in [-0.2, 0) is 4.79 Å². The van der Waals surface area contributed by atoms with Gasteiger partial charge in [0, 0.05) is 38.8 Å². The predicted molar refractivity (Wildman–Crippen MR) is 154 cm³/mol. The number of non-ortho nitro benzene ring substituents is 1. The molecule has 12 heteroatoms. The fourth-order valence-corrected chi connectivity index (χ4v) is 4.14. The van der Waals surface area contributed by atoms with Gasteiger partial charge in [0.15, 0.2) is 6.61 Å². The number of carbonyl (C=O) groups excluding carboxylic acids is 1. The first-order valence-corrected chi connectivity index (χ1v) is 13.1. The normalized spacial score (nSPS) is 12.0. The summed E-state index contributed by atoms with van der Waals surface area (Å²) in [6.45, 7) is 3.53. The number of fused-ring (bicyclic) bond motifs is 1. The number of halogens is 2. The monoisotopic (exact) mass is 611 g/mol. The van der Waals surface area contributed by atoms with Gasteiger partial charge >= 0.3 is 0 Å². The second-order valence-electron chi connectivity index (χ2n) is 8.63. The van der Waals surface area contributed by atoms with Crippen molar-refractivity contribution in [3.8, 4) is 5.75 Å². The molecule has 0 radical (unpaired) electrons. The molecule has 1 N–H and O–H groups in total. The lowest BCUT2D eigenvalue weighted by Gasteiger charge is -2.14. The van der Waals surface area contributed by atoms with Gasteiger partial charge < -0.3 is 10.1 Å². The van der Waals surface area contributed by atoms with Crippen LogP contribution in [0.25, 0.3) is 10.9 Å². The summed E-state index contributed by atoms with van der Waals surface area (Å²) in [5, 5.41) is 19.4. The fraction of sp³-hybridized carbons (Fsp3) is 0.185. The fourth-order valence-electron chi connectivity index (χ4n) is 3.65. The van der Waals surface area contributed by atoms with Crippen molar-refractivity contribution in [2.75, 3.05) is 11.9 Å². The van der Waals surface area contributed by atoms with Crippen LogP contribution in [0.2, 0.25) is 5.02 Å². The highest BCUT2D eigenvalue weighted by Gasteiger charge is 2.17. The van der Waals surface area contributed by atoms with E-state index in [1.165, 1.54) is 29.1 Å². The maximum atomic E-state index is 13.4. The minimum atomic E-state index is -0.555. The Balaban J connectivity index is 1.68. The minimum Gasteiger partial charge on any atom is -0.483 e. The van der Waals surface area contributed by atoms with Gasteiger partial charge in [-0.2, -0.15) is 9.78 Å². The molecule has 0 aliphatic carbocycles. The number of rotatable bonds is 9. The Morgan fingerprint density at radius 1 is 1.23 bits per heavy atom. The van der Waals surface area contributed by atoms with Crippen molar-refractivity contribution >= 4 is 61.9 Å². The number of hydrogen-bond donors (Lipinski definition) is 1. The lowest BCUT2D eigenvalue weighted by molar-refractivity contribution is -0.384. The molecule has 1 amide bonds. The third-order valence-electron chi connectivity index (χ3n) is 5.89. The zero-order chi connectivity index (χ0) is 28.1. The van der Waals surface area contributed by atoms with Crippen LogP contribution in [0.4, 0.5) is 11.4 Å². The van der Waals surface area contributed by atoms with Crippen molar-refractivity contribution in [3.05, 3.63) is 102 Å². The average Bonchev–Trinajstić information content (AvgIpc) is 2.92. The summed E-state index contributed by atoms with van der Waals surface area (Å²) in [5.74, 6) is 0.0764. The average molecular weight is 613 g/mol. The molecule has 200 valence electrons. The molecule has 4 aromatic rings. The highest BCUT2D eigenvalue weighted by atomic mass is 79.9. The van der Waals surface area contributed by atoms with Crippen LogP contribution >= 0.6 is 27.5 Å². The Morgan fingerprint density at radius 3 is 2.67 bits per heavy atom. The molecule has 39 heavy (non-hydrogen) atoms. The molecule has 10 nitrogen and oxygen atoms in total. The number of nitro groups is 1. The summed E-state index contributed by atoms with van der Waals surface area (Å²) in [7, 11) is 0. The molecule has 1 aromatic heterocycles. The summed E-state index contributed by atoms with van der Waals surface area (Å²) in [4.78, 5) is 41.3. The maximum absolute atomic E-state index is 13.4. The SMILES string of the molecule is CC[C@@H](C)c1nc2ccc(Br)cc2c(=O)n1N=Cc1cc([N+](=O)[O-])ccc1OCC(=O)Nc1ccc(Cl)cc1. The number of nitrogens with zero attached hydrogens (tertiary/aromatic N) is 4. The molecular formula is C27H23BrClN5O5. The summed E-state index contributed by atoms with van der Waals surface area (Å²) in [6, 6.07) is 15.7. The molecule has 0 aliphatic rings. The summed E-state index contributed by atoms with van der Waals surface area (Å²) >= 11 is 9.25. The summed E-state index contributed by atoms with van der Waals surface area (Å²) in [6.07, 6.45) is 2.00. The first-order valence-electron chi connectivity index (χ1n) is 11.9. The van der Waals surface area contributed by atoms with E-state index in [9.17, 15) is 19.7 Å². The molecular weight excluding hydrogens is 590 g/mol. The van der Waals surface area contributed by atoms with E-state index in [-0.39, 0.29) is 35.1 Å². The number of aromatic nitrogens is 2. The van der Waals surface area contributed by atoms with Gasteiger partial charge in [-0.1, -0.05) is 41.4 Å². The smallest absolute Gasteiger partial charge is 0.282 e. The largest absolute Gasteiger partial charge is 0.483 e. The predicted octanol–water partition coefficient (Wildman–Crippen LogP) is 6.13. The lowest BCUT2D eigenvalue weighted by Crippen LogP contribution is -2.24. The quantitative estimate of drug-likeness (QED) is 0.137. The summed E-state index contributed by atoms with van der Waals surface area (Å²) in [5.41, 5.74) is 0.689. The number of ether oxygens (including phenoxy) is 1. The molecule has 0 saturated carbocycles. The van der Waals surface area contributed by atoms with E-state index in [2.05, 4.69) is 31.3 Å². The van der Waals surface area contributed by atoms with Crippen molar-refractivity contribution in [1.82, 2.24) is 9.66 Å². The standard InChI is InChI=1S/C27H23BrClN5O5/c1-3-16(2)26-32-23-10-4-18(28)13-22(23)27(36)33(26)30-14-17-12-21(34(37)38)9-11-24(17)39-15-25(35)31-20-7-5-19(29)6-8-20/h4-14,16H,3,15H2,1-2H3,(H,31,35)/t16-/m1/s1. The third-order valence-corrected chi connectivity index (χ3v) is 6.63. The van der Waals surface area contributed by atoms with Crippen LogP contribution < -0.4 is 15.6 Å². The third kappa shape index (κ3) is 6.68. The molecule has 0 fully saturated rings. The van der Waals surface area contributed by atoms with Crippen molar-refractivity contribution < 1.29 is 14.5 Å². The second-order valence-corrected chi connectivity index (χ2v) is 9.98. The van der Waals surface area contributed by atoms with Gasteiger partial charge in [-0.05, 0) is 55.0 Å². The van der Waals surface area contributed by atoms with Crippen molar-refractivity contribution in [1.29, 1.82) is 0 Å². The van der Waals surface area contributed by atoms with E-state index in [1.807, 2.05) is 13.8 Å². The van der Waals surface area contributed by atoms with Gasteiger partial charge in [0.2, 0.25) is 0 Å². The Hall–Kier alpha value is -4.09. The topological polar surface area (TPSA) is 129 Å². The number of anilines is 1. The highest BCUT2D eigenvalue weighted by Crippen LogP contribution is 2.24. The van der Waals surface area contributed by atoms with Crippen LogP contribution in [0.1, 0.15) is 37.6 Å². The van der Waals surface area contributed by atoms with E-state index in [1.54, 1.807) is 42.5 Å². The molecule has 1 atom stereocenters. The van der Waals surface area contributed by atoms with E-state index in [0.29, 0.717) is 38.3 Å². The summed E-state index contributed by atoms with van der Waals surface area (Å²) < 4.78 is 7.58. The first-order chi connectivity index (χ1) is 18.7. The van der Waals surface area contributed by atoms with Crippen LogP contribution in [0.3, 0.4) is 0 Å². The van der Waals surface area contributed by atoms with Crippen molar-refractivity contribution in [2.45, 2.75) is 26.2 Å². The van der Waals surface area contributed by atoms with Gasteiger partial charge in [0.25, 0.3) is 17.2 Å². The molecule has 1 heterocycles. The van der Waals surface area contributed by atoms with E-state index in [4.69, 9.17) is 16.3 Å². The van der Waals surface area contributed by atoms with E-state index >= 15 is 0 Å². The van der Waals surface area contributed by atoms with Gasteiger partial charge in [-0.15, -0.1) is 0 Å². The van der Waals surface area contributed by atoms with Crippen LogP contribution in [-0.4, -0.2) is 33.3 Å². The van der Waals surface area contributed by atoms with Crippen LogP contribution in [0.5, 0.6) is 5.75 Å². The number of hydrogen-bond acceptors (Lipinski definition) is 7. The van der Waals surface area contributed by atoms with E-state index in [0.717, 1.165) is 0 Å². The van der Waals surface area contributed by atoms with Crippen molar-refractivity contribution in [3.63, 3.8) is 0 Å².